The molecule has 0 radical (unpaired) electrons. The summed E-state index contributed by atoms with van der Waals surface area (Å²) in [7, 11) is 0. The van der Waals surface area contributed by atoms with Crippen molar-refractivity contribution < 1.29 is 19.7 Å². The van der Waals surface area contributed by atoms with Crippen LogP contribution in [0.2, 0.25) is 0 Å². The van der Waals surface area contributed by atoms with Gasteiger partial charge in [0.15, 0.2) is 0 Å². The van der Waals surface area contributed by atoms with Crippen LogP contribution in [0.1, 0.15) is 33.6 Å². The Morgan fingerprint density at radius 1 is 1.50 bits per heavy atom. The summed E-state index contributed by atoms with van der Waals surface area (Å²) in [5, 5.41) is 18.1. The summed E-state index contributed by atoms with van der Waals surface area (Å²) in [5.74, 6) is -0.269. The molecule has 0 amide bonds. The second-order valence-corrected chi connectivity index (χ2v) is 3.91. The van der Waals surface area contributed by atoms with E-state index in [0.717, 1.165) is 6.42 Å². The number of carbonyl (C=O) groups excluding carboxylic acids is 1. The van der Waals surface area contributed by atoms with Crippen LogP contribution >= 0.6 is 0 Å². The molecular formula is C12H22O4. The van der Waals surface area contributed by atoms with E-state index >= 15 is 0 Å². The lowest BCUT2D eigenvalue weighted by Crippen LogP contribution is -2.21. The fourth-order valence-corrected chi connectivity index (χ4v) is 1.26. The van der Waals surface area contributed by atoms with Crippen LogP contribution in [0.25, 0.3) is 0 Å². The van der Waals surface area contributed by atoms with E-state index in [2.05, 4.69) is 0 Å². The van der Waals surface area contributed by atoms with E-state index in [4.69, 9.17) is 9.84 Å². The van der Waals surface area contributed by atoms with Crippen molar-refractivity contribution in [2.75, 3.05) is 13.2 Å². The SMILES string of the molecule is CCOC(=O)/C(C)=C/CC[C@H](C)[C@H](O)CO. The van der Waals surface area contributed by atoms with Crippen LogP contribution in [0.4, 0.5) is 0 Å². The van der Waals surface area contributed by atoms with E-state index in [1.807, 2.05) is 6.92 Å². The minimum absolute atomic E-state index is 0.0243. The average Bonchev–Trinajstić information content (AvgIpc) is 2.27. The van der Waals surface area contributed by atoms with Crippen LogP contribution in [0.5, 0.6) is 0 Å². The van der Waals surface area contributed by atoms with Gasteiger partial charge in [0.1, 0.15) is 0 Å². The van der Waals surface area contributed by atoms with Crippen molar-refractivity contribution in [3.8, 4) is 0 Å². The van der Waals surface area contributed by atoms with Gasteiger partial charge in [0.2, 0.25) is 0 Å². The lowest BCUT2D eigenvalue weighted by Gasteiger charge is -2.15. The number of aliphatic hydroxyl groups is 2. The van der Waals surface area contributed by atoms with E-state index in [9.17, 15) is 9.90 Å². The van der Waals surface area contributed by atoms with Gasteiger partial charge in [-0.25, -0.2) is 4.79 Å². The molecule has 2 atom stereocenters. The third kappa shape index (κ3) is 5.88. The highest BCUT2D eigenvalue weighted by Gasteiger charge is 2.12. The van der Waals surface area contributed by atoms with Crippen molar-refractivity contribution in [1.82, 2.24) is 0 Å². The van der Waals surface area contributed by atoms with Gasteiger partial charge in [-0.1, -0.05) is 13.0 Å². The standard InChI is InChI=1S/C12H22O4/c1-4-16-12(15)10(3)7-5-6-9(2)11(14)8-13/h7,9,11,13-14H,4-6,8H2,1-3H3/b10-7+/t9-,11+/m0/s1. The maximum atomic E-state index is 11.2. The fourth-order valence-electron chi connectivity index (χ4n) is 1.26. The molecule has 0 fully saturated rings. The van der Waals surface area contributed by atoms with Gasteiger partial charge in [0.25, 0.3) is 0 Å². The molecule has 0 heterocycles. The summed E-state index contributed by atoms with van der Waals surface area (Å²) in [4.78, 5) is 11.2. The van der Waals surface area contributed by atoms with E-state index in [0.29, 0.717) is 18.6 Å². The van der Waals surface area contributed by atoms with Crippen LogP contribution in [0, 0.1) is 5.92 Å². The molecular weight excluding hydrogens is 208 g/mol. The minimum Gasteiger partial charge on any atom is -0.463 e. The smallest absolute Gasteiger partial charge is 0.333 e. The van der Waals surface area contributed by atoms with E-state index in [1.165, 1.54) is 0 Å². The average molecular weight is 230 g/mol. The lowest BCUT2D eigenvalue weighted by molar-refractivity contribution is -0.138. The second-order valence-electron chi connectivity index (χ2n) is 3.91. The molecule has 16 heavy (non-hydrogen) atoms. The molecule has 0 aliphatic heterocycles. The number of rotatable bonds is 7. The molecule has 0 aromatic heterocycles. The molecule has 4 heteroatoms. The van der Waals surface area contributed by atoms with E-state index in [-0.39, 0.29) is 18.5 Å². The minimum atomic E-state index is -0.684. The highest BCUT2D eigenvalue weighted by Crippen LogP contribution is 2.12. The van der Waals surface area contributed by atoms with Crippen LogP contribution in [0.3, 0.4) is 0 Å². The van der Waals surface area contributed by atoms with Gasteiger partial charge in [0.05, 0.1) is 19.3 Å². The molecule has 0 unspecified atom stereocenters. The molecule has 2 N–H and O–H groups in total. The number of carbonyl (C=O) groups is 1. The van der Waals surface area contributed by atoms with Crippen LogP contribution in [-0.2, 0) is 9.53 Å². The molecule has 0 aliphatic carbocycles. The van der Waals surface area contributed by atoms with Crippen molar-refractivity contribution in [3.05, 3.63) is 11.6 Å². The van der Waals surface area contributed by atoms with Gasteiger partial charge in [0, 0.05) is 5.57 Å². The topological polar surface area (TPSA) is 66.8 Å². The zero-order chi connectivity index (χ0) is 12.6. The van der Waals surface area contributed by atoms with Gasteiger partial charge in [-0.2, -0.15) is 0 Å². The quantitative estimate of drug-likeness (QED) is 0.510. The molecule has 0 saturated heterocycles. The number of ether oxygens (including phenoxy) is 1. The Labute approximate surface area is 96.9 Å². The monoisotopic (exact) mass is 230 g/mol. The molecule has 0 bridgehead atoms. The second kappa shape index (κ2) is 8.30. The van der Waals surface area contributed by atoms with Gasteiger partial charge in [-0.3, -0.25) is 0 Å². The Kier molecular flexibility index (Phi) is 7.85. The number of esters is 1. The predicted octanol–water partition coefficient (Wildman–Crippen LogP) is 1.27. The Morgan fingerprint density at radius 3 is 2.62 bits per heavy atom. The van der Waals surface area contributed by atoms with Crippen molar-refractivity contribution >= 4 is 5.97 Å². The predicted molar refractivity (Wildman–Crippen MR) is 61.9 cm³/mol. The van der Waals surface area contributed by atoms with Crippen molar-refractivity contribution in [2.24, 2.45) is 5.92 Å². The first-order valence-corrected chi connectivity index (χ1v) is 5.65. The van der Waals surface area contributed by atoms with Gasteiger partial charge < -0.3 is 14.9 Å². The van der Waals surface area contributed by atoms with Crippen molar-refractivity contribution in [1.29, 1.82) is 0 Å². The number of hydrogen-bond acceptors (Lipinski definition) is 4. The zero-order valence-electron chi connectivity index (χ0n) is 10.3. The molecule has 4 nitrogen and oxygen atoms in total. The Bertz CT molecular complexity index is 235. The third-order valence-corrected chi connectivity index (χ3v) is 2.51. The number of aliphatic hydroxyl groups excluding tert-OH is 2. The third-order valence-electron chi connectivity index (χ3n) is 2.51. The Hall–Kier alpha value is -0.870. The number of allylic oxidation sites excluding steroid dienone is 1. The summed E-state index contributed by atoms with van der Waals surface area (Å²) < 4.78 is 4.83. The largest absolute Gasteiger partial charge is 0.463 e. The highest BCUT2D eigenvalue weighted by atomic mass is 16.5. The normalized spacial score (nSPS) is 15.7. The Morgan fingerprint density at radius 2 is 2.12 bits per heavy atom. The van der Waals surface area contributed by atoms with Gasteiger partial charge >= 0.3 is 5.97 Å². The first-order valence-electron chi connectivity index (χ1n) is 5.65. The van der Waals surface area contributed by atoms with Crippen LogP contribution in [0.15, 0.2) is 11.6 Å². The first-order chi connectivity index (χ1) is 7.52. The summed E-state index contributed by atoms with van der Waals surface area (Å²) in [6.45, 7) is 5.51. The maximum absolute atomic E-state index is 11.2. The summed E-state index contributed by atoms with van der Waals surface area (Å²) in [6.07, 6.45) is 2.55. The molecule has 94 valence electrons. The lowest BCUT2D eigenvalue weighted by atomic mass is 9.99. The van der Waals surface area contributed by atoms with Crippen LogP contribution in [-0.4, -0.2) is 35.5 Å². The van der Waals surface area contributed by atoms with Crippen molar-refractivity contribution in [3.63, 3.8) is 0 Å². The van der Waals surface area contributed by atoms with Gasteiger partial charge in [-0.15, -0.1) is 0 Å². The van der Waals surface area contributed by atoms with Crippen LogP contribution < -0.4 is 0 Å². The summed E-state index contributed by atoms with van der Waals surface area (Å²) in [6, 6.07) is 0. The molecule has 0 saturated carbocycles. The molecule has 0 aromatic rings. The molecule has 0 rings (SSSR count). The number of hydrogen-bond donors (Lipinski definition) is 2. The summed E-state index contributed by atoms with van der Waals surface area (Å²) >= 11 is 0. The molecule has 0 spiro atoms. The summed E-state index contributed by atoms with van der Waals surface area (Å²) in [5.41, 5.74) is 0.590. The van der Waals surface area contributed by atoms with Gasteiger partial charge in [-0.05, 0) is 32.6 Å². The van der Waals surface area contributed by atoms with E-state index in [1.54, 1.807) is 19.9 Å². The Balaban J connectivity index is 3.94. The molecule has 0 aliphatic rings. The van der Waals surface area contributed by atoms with Crippen molar-refractivity contribution in [2.45, 2.75) is 39.7 Å². The maximum Gasteiger partial charge on any atom is 0.333 e. The highest BCUT2D eigenvalue weighted by molar-refractivity contribution is 5.87. The van der Waals surface area contributed by atoms with E-state index < -0.39 is 6.10 Å². The first kappa shape index (κ1) is 15.1. The fraction of sp³-hybridized carbons (Fsp3) is 0.750. The zero-order valence-corrected chi connectivity index (χ0v) is 10.3. The molecule has 0 aromatic carbocycles.